The van der Waals surface area contributed by atoms with E-state index in [1.54, 1.807) is 17.0 Å². The first-order chi connectivity index (χ1) is 15.8. The predicted octanol–water partition coefficient (Wildman–Crippen LogP) is 4.99. The zero-order valence-corrected chi connectivity index (χ0v) is 22.4. The molecule has 6 nitrogen and oxygen atoms in total. The molecule has 1 aromatic heterocycles. The Kier molecular flexibility index (Phi) is 8.73. The maximum Gasteiger partial charge on any atom is 0.260 e. The summed E-state index contributed by atoms with van der Waals surface area (Å²) in [4.78, 5) is 22.6. The third kappa shape index (κ3) is 5.62. The third-order valence-electron chi connectivity index (χ3n) is 6.38. The average Bonchev–Trinajstić information content (AvgIpc) is 3.24. The molecular weight excluding hydrogens is 490 g/mol. The number of carbonyl (C=O) groups excluding carboxylic acids is 1. The molecule has 1 amide bonds. The third-order valence-corrected chi connectivity index (χ3v) is 8.55. The number of hydrogen-bond acceptors (Lipinski definition) is 6. The average molecular weight is 522 g/mol. The fourth-order valence-electron chi connectivity index (χ4n) is 4.41. The van der Waals surface area contributed by atoms with Crippen LogP contribution in [0.2, 0.25) is 0 Å². The van der Waals surface area contributed by atoms with Crippen LogP contribution in [-0.4, -0.2) is 56.6 Å². The lowest BCUT2D eigenvalue weighted by Crippen LogP contribution is -2.39. The van der Waals surface area contributed by atoms with Crippen molar-refractivity contribution in [2.45, 2.75) is 44.4 Å². The zero-order chi connectivity index (χ0) is 23.6. The number of nitrogens with zero attached hydrogens (tertiary/aromatic N) is 3. The number of carbonyl (C=O) groups is 1. The molecule has 9 heteroatoms. The number of para-hydroxylation sites is 1. The summed E-state index contributed by atoms with van der Waals surface area (Å²) in [5.41, 5.74) is 3.70. The topological polar surface area (TPSA) is 70.6 Å². The van der Waals surface area contributed by atoms with E-state index in [0.29, 0.717) is 22.8 Å². The van der Waals surface area contributed by atoms with Gasteiger partial charge in [0.25, 0.3) is 5.91 Å². The molecule has 34 heavy (non-hydrogen) atoms. The van der Waals surface area contributed by atoms with Gasteiger partial charge in [-0.25, -0.2) is 13.4 Å². The number of anilines is 1. The minimum Gasteiger partial charge on any atom is -0.302 e. The van der Waals surface area contributed by atoms with Gasteiger partial charge in [0.1, 0.15) is 5.52 Å². The van der Waals surface area contributed by atoms with E-state index in [4.69, 9.17) is 0 Å². The van der Waals surface area contributed by atoms with Crippen LogP contribution in [0.1, 0.15) is 48.2 Å². The fourth-order valence-corrected chi connectivity index (χ4v) is 6.33. The number of amides is 1. The molecule has 3 aromatic rings. The molecule has 0 saturated carbocycles. The second kappa shape index (κ2) is 11.2. The van der Waals surface area contributed by atoms with Crippen molar-refractivity contribution in [3.63, 3.8) is 0 Å². The lowest BCUT2D eigenvalue weighted by atomic mass is 9.90. The molecular formula is C25H32ClN3O3S2. The molecule has 1 aliphatic carbocycles. The SMILES string of the molecule is CCN(CC)CCN(C(=O)c1ccc2c(c1)CCCC2)c1nc2c(S(C)(=O)=O)cccc2s1.Cl. The number of benzene rings is 2. The lowest BCUT2D eigenvalue weighted by Gasteiger charge is -2.25. The highest BCUT2D eigenvalue weighted by Crippen LogP contribution is 2.33. The van der Waals surface area contributed by atoms with Gasteiger partial charge in [-0.1, -0.05) is 37.3 Å². The summed E-state index contributed by atoms with van der Waals surface area (Å²) in [6.07, 6.45) is 5.63. The number of hydrogen-bond donors (Lipinski definition) is 0. The van der Waals surface area contributed by atoms with Crippen LogP contribution in [0.4, 0.5) is 5.13 Å². The van der Waals surface area contributed by atoms with Crippen molar-refractivity contribution >= 4 is 54.8 Å². The van der Waals surface area contributed by atoms with Crippen molar-refractivity contribution < 1.29 is 13.2 Å². The second-order valence-corrected chi connectivity index (χ2v) is 11.5. The van der Waals surface area contributed by atoms with E-state index in [1.807, 2.05) is 18.2 Å². The molecule has 0 N–H and O–H groups in total. The number of sulfone groups is 1. The molecule has 0 bridgehead atoms. The van der Waals surface area contributed by atoms with Crippen LogP contribution in [-0.2, 0) is 22.7 Å². The Bertz CT molecular complexity index is 1270. The van der Waals surface area contributed by atoms with Crippen LogP contribution in [0.25, 0.3) is 10.2 Å². The Labute approximate surface area is 212 Å². The Balaban J connectivity index is 0.00000324. The fraction of sp³-hybridized carbons (Fsp3) is 0.440. The highest BCUT2D eigenvalue weighted by Gasteiger charge is 2.25. The quantitative estimate of drug-likeness (QED) is 0.417. The number of aromatic nitrogens is 1. The normalized spacial score (nSPS) is 13.5. The summed E-state index contributed by atoms with van der Waals surface area (Å²) < 4.78 is 25.3. The summed E-state index contributed by atoms with van der Waals surface area (Å²) in [7, 11) is -3.43. The van der Waals surface area contributed by atoms with Crippen LogP contribution in [0, 0.1) is 0 Å². The Morgan fingerprint density at radius 2 is 1.74 bits per heavy atom. The van der Waals surface area contributed by atoms with E-state index >= 15 is 0 Å². The van der Waals surface area contributed by atoms with Gasteiger partial charge < -0.3 is 4.90 Å². The molecule has 2 aromatic carbocycles. The minimum absolute atomic E-state index is 0. The Morgan fingerprint density at radius 1 is 1.03 bits per heavy atom. The Morgan fingerprint density at radius 3 is 2.41 bits per heavy atom. The first-order valence-corrected chi connectivity index (χ1v) is 14.3. The van der Waals surface area contributed by atoms with Gasteiger partial charge >= 0.3 is 0 Å². The van der Waals surface area contributed by atoms with Crippen molar-refractivity contribution in [3.05, 3.63) is 53.1 Å². The number of halogens is 1. The molecule has 0 saturated heterocycles. The second-order valence-electron chi connectivity index (χ2n) is 8.55. The van der Waals surface area contributed by atoms with Gasteiger partial charge in [0.05, 0.1) is 9.60 Å². The summed E-state index contributed by atoms with van der Waals surface area (Å²) in [6.45, 7) is 7.22. The number of rotatable bonds is 8. The Hall–Kier alpha value is -2.00. The van der Waals surface area contributed by atoms with Gasteiger partial charge in [-0.3, -0.25) is 9.69 Å². The van der Waals surface area contributed by atoms with Crippen LogP contribution >= 0.6 is 23.7 Å². The molecule has 4 rings (SSSR count). The first-order valence-electron chi connectivity index (χ1n) is 11.6. The van der Waals surface area contributed by atoms with Crippen molar-refractivity contribution in [2.75, 3.05) is 37.3 Å². The van der Waals surface area contributed by atoms with Gasteiger partial charge in [0, 0.05) is 24.9 Å². The largest absolute Gasteiger partial charge is 0.302 e. The predicted molar refractivity (Wildman–Crippen MR) is 143 cm³/mol. The number of likely N-dealkylation sites (N-methyl/N-ethyl adjacent to an activating group) is 1. The van der Waals surface area contributed by atoms with E-state index in [2.05, 4.69) is 29.8 Å². The van der Waals surface area contributed by atoms with E-state index in [1.165, 1.54) is 35.1 Å². The summed E-state index contributed by atoms with van der Waals surface area (Å²) >= 11 is 1.37. The van der Waals surface area contributed by atoms with Gasteiger partial charge in [0.15, 0.2) is 15.0 Å². The summed E-state index contributed by atoms with van der Waals surface area (Å²) in [5, 5.41) is 0.538. The molecule has 0 aliphatic heterocycles. The molecule has 0 radical (unpaired) electrons. The highest BCUT2D eigenvalue weighted by molar-refractivity contribution is 7.91. The number of fused-ring (bicyclic) bond motifs is 2. The van der Waals surface area contributed by atoms with Crippen molar-refractivity contribution in [3.8, 4) is 0 Å². The van der Waals surface area contributed by atoms with Crippen molar-refractivity contribution in [1.82, 2.24) is 9.88 Å². The molecule has 1 heterocycles. The minimum atomic E-state index is -3.43. The molecule has 1 aliphatic rings. The van der Waals surface area contributed by atoms with E-state index in [0.717, 1.165) is 43.6 Å². The van der Waals surface area contributed by atoms with Crippen molar-refractivity contribution in [2.24, 2.45) is 0 Å². The van der Waals surface area contributed by atoms with Gasteiger partial charge in [-0.2, -0.15) is 0 Å². The van der Waals surface area contributed by atoms with Crippen LogP contribution in [0.5, 0.6) is 0 Å². The molecule has 0 fully saturated rings. The highest BCUT2D eigenvalue weighted by atomic mass is 35.5. The zero-order valence-electron chi connectivity index (χ0n) is 19.9. The number of aryl methyl sites for hydroxylation is 2. The lowest BCUT2D eigenvalue weighted by molar-refractivity contribution is 0.0983. The summed E-state index contributed by atoms with van der Waals surface area (Å²) in [5.74, 6) is -0.0875. The van der Waals surface area contributed by atoms with Gasteiger partial charge in [0.2, 0.25) is 0 Å². The monoisotopic (exact) mass is 521 g/mol. The number of thiazole rings is 1. The smallest absolute Gasteiger partial charge is 0.260 e. The van der Waals surface area contributed by atoms with E-state index < -0.39 is 9.84 Å². The molecule has 184 valence electrons. The van der Waals surface area contributed by atoms with Crippen LogP contribution < -0.4 is 4.90 Å². The van der Waals surface area contributed by atoms with Gasteiger partial charge in [-0.15, -0.1) is 12.4 Å². The maximum absolute atomic E-state index is 13.7. The molecule has 0 atom stereocenters. The van der Waals surface area contributed by atoms with E-state index in [9.17, 15) is 13.2 Å². The summed E-state index contributed by atoms with van der Waals surface area (Å²) in [6, 6.07) is 11.2. The van der Waals surface area contributed by atoms with Crippen LogP contribution in [0.15, 0.2) is 41.3 Å². The standard InChI is InChI=1S/C25H31N3O3S2.ClH/c1-4-27(5-2)15-16-28(24(29)20-14-13-18-9-6-7-10-19(18)17-20)25-26-23-21(32-25)11-8-12-22(23)33(3,30)31;/h8,11-14,17H,4-7,9-10,15-16H2,1-3H3;1H. The maximum atomic E-state index is 13.7. The van der Waals surface area contributed by atoms with Gasteiger partial charge in [-0.05, 0) is 74.2 Å². The van der Waals surface area contributed by atoms with Crippen molar-refractivity contribution in [1.29, 1.82) is 0 Å². The molecule has 0 unspecified atom stereocenters. The molecule has 0 spiro atoms. The first kappa shape index (κ1) is 26.6. The van der Waals surface area contributed by atoms with Crippen LogP contribution in [0.3, 0.4) is 0 Å². The van der Waals surface area contributed by atoms with E-state index in [-0.39, 0.29) is 23.2 Å².